The molecular formula is C15H13N3O2. The summed E-state index contributed by atoms with van der Waals surface area (Å²) in [6.07, 6.45) is 5.16. The molecule has 0 aliphatic heterocycles. The molecule has 0 radical (unpaired) electrons. The van der Waals surface area contributed by atoms with Gasteiger partial charge in [-0.1, -0.05) is 30.3 Å². The molecule has 0 atom stereocenters. The molecule has 3 aromatic rings. The van der Waals surface area contributed by atoms with Crippen molar-refractivity contribution < 1.29 is 5.11 Å². The summed E-state index contributed by atoms with van der Waals surface area (Å²) >= 11 is 0. The Labute approximate surface area is 115 Å². The standard InChI is InChI=1S/C15H13N3O2/c1-17-8-12(7-14(19)15(17)20)18-9-13(16-10-18)11-5-3-2-4-6-11/h2-10,19H,1H3. The van der Waals surface area contributed by atoms with Gasteiger partial charge in [0, 0.05) is 31.1 Å². The van der Waals surface area contributed by atoms with Gasteiger partial charge in [0.2, 0.25) is 0 Å². The smallest absolute Gasteiger partial charge is 0.292 e. The molecule has 0 fully saturated rings. The first kappa shape index (κ1) is 12.2. The average Bonchev–Trinajstić information content (AvgIpc) is 2.95. The van der Waals surface area contributed by atoms with Gasteiger partial charge in [0.25, 0.3) is 5.56 Å². The number of aryl methyl sites for hydroxylation is 1. The van der Waals surface area contributed by atoms with Gasteiger partial charge in [-0.3, -0.25) is 4.79 Å². The third-order valence-electron chi connectivity index (χ3n) is 3.10. The lowest BCUT2D eigenvalue weighted by Crippen LogP contribution is -2.16. The van der Waals surface area contributed by atoms with Crippen LogP contribution in [0.2, 0.25) is 0 Å². The third-order valence-corrected chi connectivity index (χ3v) is 3.10. The SMILES string of the molecule is Cn1cc(-n2cnc(-c3ccccc3)c2)cc(O)c1=O. The van der Waals surface area contributed by atoms with Gasteiger partial charge in [-0.05, 0) is 0 Å². The van der Waals surface area contributed by atoms with Gasteiger partial charge in [-0.2, -0.15) is 0 Å². The monoisotopic (exact) mass is 267 g/mol. The average molecular weight is 267 g/mol. The van der Waals surface area contributed by atoms with Crippen molar-refractivity contribution in [1.29, 1.82) is 0 Å². The summed E-state index contributed by atoms with van der Waals surface area (Å²) < 4.78 is 3.11. The van der Waals surface area contributed by atoms with Gasteiger partial charge >= 0.3 is 0 Å². The topological polar surface area (TPSA) is 60.1 Å². The van der Waals surface area contributed by atoms with Crippen molar-refractivity contribution in [2.24, 2.45) is 7.05 Å². The molecule has 1 aromatic carbocycles. The molecule has 20 heavy (non-hydrogen) atoms. The van der Waals surface area contributed by atoms with Crippen LogP contribution in [0.15, 0.2) is 59.9 Å². The van der Waals surface area contributed by atoms with Crippen LogP contribution >= 0.6 is 0 Å². The van der Waals surface area contributed by atoms with E-state index in [1.807, 2.05) is 36.5 Å². The normalized spacial score (nSPS) is 10.7. The number of imidazole rings is 1. The number of rotatable bonds is 2. The number of pyridine rings is 1. The van der Waals surface area contributed by atoms with E-state index >= 15 is 0 Å². The summed E-state index contributed by atoms with van der Waals surface area (Å²) in [6, 6.07) is 11.2. The van der Waals surface area contributed by atoms with Crippen molar-refractivity contribution >= 4 is 0 Å². The molecule has 0 aliphatic rings. The van der Waals surface area contributed by atoms with Gasteiger partial charge in [-0.25, -0.2) is 4.98 Å². The molecule has 5 heteroatoms. The van der Waals surface area contributed by atoms with E-state index in [1.54, 1.807) is 24.1 Å². The van der Waals surface area contributed by atoms with Crippen molar-refractivity contribution in [3.05, 3.63) is 65.5 Å². The number of hydrogen-bond donors (Lipinski definition) is 1. The van der Waals surface area contributed by atoms with E-state index in [0.29, 0.717) is 5.69 Å². The van der Waals surface area contributed by atoms with Crippen LogP contribution in [0.3, 0.4) is 0 Å². The molecular weight excluding hydrogens is 254 g/mol. The molecule has 100 valence electrons. The Kier molecular flexibility index (Phi) is 2.87. The van der Waals surface area contributed by atoms with Crippen LogP contribution < -0.4 is 5.56 Å². The first-order valence-corrected chi connectivity index (χ1v) is 6.14. The van der Waals surface area contributed by atoms with E-state index in [-0.39, 0.29) is 5.75 Å². The predicted octanol–water partition coefficient (Wildman–Crippen LogP) is 1.94. The quantitative estimate of drug-likeness (QED) is 0.772. The summed E-state index contributed by atoms with van der Waals surface area (Å²) in [6.45, 7) is 0. The molecule has 3 rings (SSSR count). The summed E-state index contributed by atoms with van der Waals surface area (Å²) in [7, 11) is 1.60. The highest BCUT2D eigenvalue weighted by Gasteiger charge is 2.07. The van der Waals surface area contributed by atoms with E-state index in [0.717, 1.165) is 11.3 Å². The Morgan fingerprint density at radius 3 is 2.60 bits per heavy atom. The van der Waals surface area contributed by atoms with Crippen molar-refractivity contribution in [1.82, 2.24) is 14.1 Å². The molecule has 0 bridgehead atoms. The van der Waals surface area contributed by atoms with E-state index in [9.17, 15) is 9.90 Å². The van der Waals surface area contributed by atoms with Crippen LogP contribution in [0.1, 0.15) is 0 Å². The minimum atomic E-state index is -0.419. The molecule has 0 aliphatic carbocycles. The predicted molar refractivity (Wildman–Crippen MR) is 75.9 cm³/mol. The fourth-order valence-corrected chi connectivity index (χ4v) is 2.04. The maximum atomic E-state index is 11.5. The molecule has 5 nitrogen and oxygen atoms in total. The third kappa shape index (κ3) is 2.09. The number of benzene rings is 1. The Morgan fingerprint density at radius 2 is 1.90 bits per heavy atom. The van der Waals surface area contributed by atoms with Crippen LogP contribution in [0.25, 0.3) is 16.9 Å². The maximum Gasteiger partial charge on any atom is 0.292 e. The van der Waals surface area contributed by atoms with E-state index in [1.165, 1.54) is 10.6 Å². The van der Waals surface area contributed by atoms with Gasteiger partial charge in [0.05, 0.1) is 17.7 Å². The lowest BCUT2D eigenvalue weighted by Gasteiger charge is -2.05. The molecule has 2 heterocycles. The van der Waals surface area contributed by atoms with Crippen molar-refractivity contribution in [3.8, 4) is 22.7 Å². The first-order valence-electron chi connectivity index (χ1n) is 6.14. The van der Waals surface area contributed by atoms with Gasteiger partial charge in [-0.15, -0.1) is 0 Å². The zero-order chi connectivity index (χ0) is 14.1. The van der Waals surface area contributed by atoms with Gasteiger partial charge in [0.15, 0.2) is 5.75 Å². The van der Waals surface area contributed by atoms with Crippen LogP contribution in [0.4, 0.5) is 0 Å². The highest BCUT2D eigenvalue weighted by Crippen LogP contribution is 2.19. The molecule has 2 aromatic heterocycles. The fraction of sp³-hybridized carbons (Fsp3) is 0.0667. The fourth-order valence-electron chi connectivity index (χ4n) is 2.04. The summed E-state index contributed by atoms with van der Waals surface area (Å²) in [5.74, 6) is -0.278. The largest absolute Gasteiger partial charge is 0.503 e. The Bertz CT molecular complexity index is 777. The lowest BCUT2D eigenvalue weighted by molar-refractivity contribution is 0.460. The van der Waals surface area contributed by atoms with E-state index in [4.69, 9.17) is 0 Å². The zero-order valence-corrected chi connectivity index (χ0v) is 10.9. The Balaban J connectivity index is 2.05. The number of aromatic nitrogens is 3. The number of aromatic hydroxyl groups is 1. The van der Waals surface area contributed by atoms with Crippen LogP contribution in [0, 0.1) is 0 Å². The number of nitrogens with zero attached hydrogens (tertiary/aromatic N) is 3. The first-order chi connectivity index (χ1) is 9.65. The van der Waals surface area contributed by atoms with Crippen molar-refractivity contribution in [3.63, 3.8) is 0 Å². The minimum Gasteiger partial charge on any atom is -0.503 e. The second kappa shape index (κ2) is 4.70. The molecule has 0 saturated heterocycles. The highest BCUT2D eigenvalue weighted by atomic mass is 16.3. The molecule has 1 N–H and O–H groups in total. The van der Waals surface area contributed by atoms with Crippen LogP contribution in [-0.4, -0.2) is 19.2 Å². The summed E-state index contributed by atoms with van der Waals surface area (Å²) in [5.41, 5.74) is 2.11. The molecule has 0 amide bonds. The van der Waals surface area contributed by atoms with Crippen LogP contribution in [0.5, 0.6) is 5.75 Å². The van der Waals surface area contributed by atoms with Gasteiger partial charge < -0.3 is 14.2 Å². The zero-order valence-electron chi connectivity index (χ0n) is 10.9. The second-order valence-electron chi connectivity index (χ2n) is 4.53. The molecule has 0 spiro atoms. The van der Waals surface area contributed by atoms with Crippen LogP contribution in [-0.2, 0) is 7.05 Å². The van der Waals surface area contributed by atoms with Crippen molar-refractivity contribution in [2.75, 3.05) is 0 Å². The molecule has 0 saturated carbocycles. The van der Waals surface area contributed by atoms with E-state index in [2.05, 4.69) is 4.98 Å². The highest BCUT2D eigenvalue weighted by molar-refractivity contribution is 5.58. The summed E-state index contributed by atoms with van der Waals surface area (Å²) in [4.78, 5) is 15.8. The van der Waals surface area contributed by atoms with E-state index < -0.39 is 5.56 Å². The maximum absolute atomic E-state index is 11.5. The Morgan fingerprint density at radius 1 is 1.15 bits per heavy atom. The molecule has 0 unspecified atom stereocenters. The lowest BCUT2D eigenvalue weighted by atomic mass is 10.2. The second-order valence-corrected chi connectivity index (χ2v) is 4.53. The van der Waals surface area contributed by atoms with Crippen molar-refractivity contribution in [2.45, 2.75) is 0 Å². The van der Waals surface area contributed by atoms with Gasteiger partial charge in [0.1, 0.15) is 0 Å². The number of hydrogen-bond acceptors (Lipinski definition) is 3. The Hall–Kier alpha value is -2.82. The summed E-state index contributed by atoms with van der Waals surface area (Å²) in [5, 5.41) is 9.60. The minimum absolute atomic E-state index is 0.278.